The number of aromatic nitrogens is 1. The predicted octanol–water partition coefficient (Wildman–Crippen LogP) is 3.57. The molecule has 0 aliphatic carbocycles. The molecular formula is C16H26N2OS. The van der Waals surface area contributed by atoms with Crippen LogP contribution in [-0.4, -0.2) is 35.3 Å². The van der Waals surface area contributed by atoms with Gasteiger partial charge in [-0.1, -0.05) is 20.3 Å². The summed E-state index contributed by atoms with van der Waals surface area (Å²) in [5.74, 6) is 0.993. The molecule has 112 valence electrons. The molecule has 0 saturated carbocycles. The van der Waals surface area contributed by atoms with E-state index in [-0.39, 0.29) is 5.78 Å². The number of piperidine rings is 1. The SMILES string of the molecule is CCCc1nc(CCN2CCCC(C)C2)sc1C(C)=O. The van der Waals surface area contributed by atoms with E-state index in [9.17, 15) is 4.79 Å². The molecule has 0 spiro atoms. The van der Waals surface area contributed by atoms with Crippen molar-refractivity contribution in [2.75, 3.05) is 19.6 Å². The van der Waals surface area contributed by atoms with E-state index in [1.54, 1.807) is 18.3 Å². The summed E-state index contributed by atoms with van der Waals surface area (Å²) < 4.78 is 0. The third-order valence-electron chi connectivity index (χ3n) is 3.93. The Morgan fingerprint density at radius 2 is 2.25 bits per heavy atom. The Bertz CT molecular complexity index is 455. The van der Waals surface area contributed by atoms with Crippen molar-refractivity contribution in [2.45, 2.75) is 52.9 Å². The fourth-order valence-corrected chi connectivity index (χ4v) is 3.93. The number of rotatable bonds is 6. The van der Waals surface area contributed by atoms with Gasteiger partial charge in [0.15, 0.2) is 5.78 Å². The number of hydrogen-bond acceptors (Lipinski definition) is 4. The molecule has 1 aliphatic rings. The molecule has 1 saturated heterocycles. The van der Waals surface area contributed by atoms with E-state index >= 15 is 0 Å². The van der Waals surface area contributed by atoms with Crippen LogP contribution in [0, 0.1) is 5.92 Å². The first kappa shape index (κ1) is 15.6. The van der Waals surface area contributed by atoms with Crippen molar-refractivity contribution < 1.29 is 4.79 Å². The maximum atomic E-state index is 11.7. The molecule has 2 heterocycles. The zero-order valence-electron chi connectivity index (χ0n) is 12.9. The largest absolute Gasteiger partial charge is 0.303 e. The molecule has 0 N–H and O–H groups in total. The van der Waals surface area contributed by atoms with Crippen molar-refractivity contribution in [3.05, 3.63) is 15.6 Å². The van der Waals surface area contributed by atoms with E-state index in [1.807, 2.05) is 0 Å². The maximum absolute atomic E-state index is 11.7. The van der Waals surface area contributed by atoms with Gasteiger partial charge in [-0.25, -0.2) is 4.98 Å². The minimum atomic E-state index is 0.170. The first-order valence-electron chi connectivity index (χ1n) is 7.82. The molecule has 2 rings (SSSR count). The van der Waals surface area contributed by atoms with Crippen molar-refractivity contribution in [2.24, 2.45) is 5.92 Å². The Hall–Kier alpha value is -0.740. The van der Waals surface area contributed by atoms with Gasteiger partial charge in [0.25, 0.3) is 0 Å². The summed E-state index contributed by atoms with van der Waals surface area (Å²) in [5, 5.41) is 1.14. The third kappa shape index (κ3) is 4.13. The van der Waals surface area contributed by atoms with Crippen LogP contribution in [0.3, 0.4) is 0 Å². The molecule has 1 aliphatic heterocycles. The van der Waals surface area contributed by atoms with Gasteiger partial charge in [0.1, 0.15) is 0 Å². The van der Waals surface area contributed by atoms with Crippen LogP contribution in [0.2, 0.25) is 0 Å². The van der Waals surface area contributed by atoms with E-state index in [1.165, 1.54) is 25.9 Å². The Kier molecular flexibility index (Phi) is 5.73. The molecule has 20 heavy (non-hydrogen) atoms. The summed E-state index contributed by atoms with van der Waals surface area (Å²) in [6, 6.07) is 0. The van der Waals surface area contributed by atoms with Crippen molar-refractivity contribution in [1.82, 2.24) is 9.88 Å². The molecule has 0 aromatic carbocycles. The van der Waals surface area contributed by atoms with Gasteiger partial charge < -0.3 is 4.90 Å². The minimum Gasteiger partial charge on any atom is -0.303 e. The topological polar surface area (TPSA) is 33.2 Å². The van der Waals surface area contributed by atoms with Crippen molar-refractivity contribution in [3.8, 4) is 0 Å². The average molecular weight is 294 g/mol. The summed E-state index contributed by atoms with van der Waals surface area (Å²) in [7, 11) is 0. The van der Waals surface area contributed by atoms with Crippen LogP contribution in [-0.2, 0) is 12.8 Å². The number of nitrogens with zero attached hydrogens (tertiary/aromatic N) is 2. The molecule has 1 aromatic rings. The first-order chi connectivity index (χ1) is 9.60. The number of hydrogen-bond donors (Lipinski definition) is 0. The highest BCUT2D eigenvalue weighted by molar-refractivity contribution is 7.13. The van der Waals surface area contributed by atoms with E-state index in [2.05, 4.69) is 18.7 Å². The minimum absolute atomic E-state index is 0.170. The summed E-state index contributed by atoms with van der Waals surface area (Å²) in [6.45, 7) is 9.65. The van der Waals surface area contributed by atoms with Gasteiger partial charge in [-0.05, 0) is 31.7 Å². The zero-order chi connectivity index (χ0) is 14.5. The number of ketones is 1. The van der Waals surface area contributed by atoms with Gasteiger partial charge in [0.2, 0.25) is 0 Å². The van der Waals surface area contributed by atoms with Gasteiger partial charge in [0, 0.05) is 26.4 Å². The molecule has 0 bridgehead atoms. The zero-order valence-corrected chi connectivity index (χ0v) is 13.8. The summed E-state index contributed by atoms with van der Waals surface area (Å²) >= 11 is 1.61. The normalized spacial score (nSPS) is 20.2. The second-order valence-electron chi connectivity index (χ2n) is 5.99. The fraction of sp³-hybridized carbons (Fsp3) is 0.750. The van der Waals surface area contributed by atoms with E-state index in [4.69, 9.17) is 4.98 Å². The number of carbonyl (C=O) groups is 1. The van der Waals surface area contributed by atoms with Crippen LogP contribution in [0.5, 0.6) is 0 Å². The van der Waals surface area contributed by atoms with E-state index in [0.717, 1.165) is 47.3 Å². The van der Waals surface area contributed by atoms with Gasteiger partial charge in [-0.2, -0.15) is 0 Å². The molecule has 1 unspecified atom stereocenters. The highest BCUT2D eigenvalue weighted by atomic mass is 32.1. The molecular weight excluding hydrogens is 268 g/mol. The highest BCUT2D eigenvalue weighted by Crippen LogP contribution is 2.22. The fourth-order valence-electron chi connectivity index (χ4n) is 2.93. The highest BCUT2D eigenvalue weighted by Gasteiger charge is 2.18. The lowest BCUT2D eigenvalue weighted by molar-refractivity contribution is 0.102. The number of aryl methyl sites for hydroxylation is 1. The van der Waals surface area contributed by atoms with Crippen molar-refractivity contribution in [1.29, 1.82) is 0 Å². The Morgan fingerprint density at radius 1 is 1.45 bits per heavy atom. The second-order valence-corrected chi connectivity index (χ2v) is 7.07. The lowest BCUT2D eigenvalue weighted by Gasteiger charge is -2.30. The number of Topliss-reactive ketones (excluding diaryl/α,β-unsaturated/α-hetero) is 1. The van der Waals surface area contributed by atoms with Crippen LogP contribution < -0.4 is 0 Å². The quantitative estimate of drug-likeness (QED) is 0.752. The Balaban J connectivity index is 1.95. The number of likely N-dealkylation sites (tertiary alicyclic amines) is 1. The van der Waals surface area contributed by atoms with Crippen LogP contribution in [0.1, 0.15) is 60.4 Å². The van der Waals surface area contributed by atoms with E-state index in [0.29, 0.717) is 0 Å². The second kappa shape index (κ2) is 7.32. The Morgan fingerprint density at radius 3 is 2.90 bits per heavy atom. The maximum Gasteiger partial charge on any atom is 0.171 e. The number of thiazole rings is 1. The molecule has 1 fully saturated rings. The van der Waals surface area contributed by atoms with Crippen LogP contribution >= 0.6 is 11.3 Å². The van der Waals surface area contributed by atoms with Gasteiger partial charge in [-0.3, -0.25) is 4.79 Å². The summed E-state index contributed by atoms with van der Waals surface area (Å²) in [5.41, 5.74) is 1.02. The predicted molar refractivity (Wildman–Crippen MR) is 84.7 cm³/mol. The number of carbonyl (C=O) groups excluding carboxylic acids is 1. The molecule has 0 amide bonds. The van der Waals surface area contributed by atoms with Gasteiger partial charge in [-0.15, -0.1) is 11.3 Å². The smallest absolute Gasteiger partial charge is 0.171 e. The van der Waals surface area contributed by atoms with Crippen LogP contribution in [0.25, 0.3) is 0 Å². The average Bonchev–Trinajstić information content (AvgIpc) is 2.80. The van der Waals surface area contributed by atoms with Crippen LogP contribution in [0.15, 0.2) is 0 Å². The lowest BCUT2D eigenvalue weighted by atomic mass is 10.0. The molecule has 3 nitrogen and oxygen atoms in total. The molecule has 4 heteroatoms. The molecule has 1 atom stereocenters. The van der Waals surface area contributed by atoms with Crippen molar-refractivity contribution in [3.63, 3.8) is 0 Å². The lowest BCUT2D eigenvalue weighted by Crippen LogP contribution is -2.35. The van der Waals surface area contributed by atoms with E-state index < -0.39 is 0 Å². The summed E-state index contributed by atoms with van der Waals surface area (Å²) in [6.07, 6.45) is 5.64. The van der Waals surface area contributed by atoms with Gasteiger partial charge in [0.05, 0.1) is 15.6 Å². The van der Waals surface area contributed by atoms with Crippen molar-refractivity contribution >= 4 is 17.1 Å². The van der Waals surface area contributed by atoms with Gasteiger partial charge >= 0.3 is 0 Å². The molecule has 1 aromatic heterocycles. The Labute approximate surface area is 126 Å². The standard InChI is InChI=1S/C16H26N2OS/c1-4-6-14-16(13(3)19)20-15(17-14)8-10-18-9-5-7-12(2)11-18/h12H,4-11H2,1-3H3. The third-order valence-corrected chi connectivity index (χ3v) is 5.19. The molecule has 0 radical (unpaired) electrons. The first-order valence-corrected chi connectivity index (χ1v) is 8.63. The monoisotopic (exact) mass is 294 g/mol. The van der Waals surface area contributed by atoms with Crippen LogP contribution in [0.4, 0.5) is 0 Å². The summed E-state index contributed by atoms with van der Waals surface area (Å²) in [4.78, 5) is 19.8.